The Kier molecular flexibility index (Phi) is 1.75. The third-order valence-corrected chi connectivity index (χ3v) is 2.31. The summed E-state index contributed by atoms with van der Waals surface area (Å²) >= 11 is 0. The van der Waals surface area contributed by atoms with Crippen LogP contribution in [0.15, 0.2) is 18.5 Å². The number of rotatable bonds is 1. The van der Waals surface area contributed by atoms with Crippen LogP contribution in [0.4, 0.5) is 0 Å². The average Bonchev–Trinajstić information content (AvgIpc) is 2.46. The van der Waals surface area contributed by atoms with Crippen molar-refractivity contribution < 1.29 is 4.74 Å². The van der Waals surface area contributed by atoms with Gasteiger partial charge in [0.25, 0.3) is 0 Å². The molecule has 1 aliphatic rings. The summed E-state index contributed by atoms with van der Waals surface area (Å²) < 4.78 is 5.71. The van der Waals surface area contributed by atoms with Crippen molar-refractivity contribution in [3.05, 3.63) is 24.0 Å². The van der Waals surface area contributed by atoms with Crippen molar-refractivity contribution in [2.45, 2.75) is 26.4 Å². The zero-order valence-electron chi connectivity index (χ0n) is 7.45. The Morgan fingerprint density at radius 1 is 1.58 bits per heavy atom. The first-order valence-corrected chi connectivity index (χ1v) is 4.37. The second-order valence-electron chi connectivity index (χ2n) is 3.59. The first-order chi connectivity index (χ1) is 5.77. The van der Waals surface area contributed by atoms with Gasteiger partial charge in [-0.25, -0.2) is 0 Å². The molecule has 0 saturated heterocycles. The van der Waals surface area contributed by atoms with Gasteiger partial charge in [-0.3, -0.25) is 4.98 Å². The lowest BCUT2D eigenvalue weighted by Crippen LogP contribution is -2.19. The zero-order chi connectivity index (χ0) is 8.55. The maximum Gasteiger partial charge on any atom is 0.141 e. The standard InChI is InChI=1S/C10H13NO/c1-7(2)9-5-8-3-4-11-6-10(8)12-9/h3-4,6-7,9H,5H2,1-2H3. The second-order valence-corrected chi connectivity index (χ2v) is 3.59. The molecule has 2 heteroatoms. The summed E-state index contributed by atoms with van der Waals surface area (Å²) in [6.45, 7) is 4.37. The van der Waals surface area contributed by atoms with Crippen molar-refractivity contribution in [2.24, 2.45) is 5.92 Å². The van der Waals surface area contributed by atoms with Gasteiger partial charge in [0, 0.05) is 18.2 Å². The van der Waals surface area contributed by atoms with E-state index in [1.54, 1.807) is 6.20 Å². The van der Waals surface area contributed by atoms with E-state index in [0.717, 1.165) is 12.2 Å². The van der Waals surface area contributed by atoms with E-state index >= 15 is 0 Å². The summed E-state index contributed by atoms with van der Waals surface area (Å²) in [5.74, 6) is 1.55. The van der Waals surface area contributed by atoms with Crippen LogP contribution in [0, 0.1) is 5.92 Å². The van der Waals surface area contributed by atoms with Crippen LogP contribution in [-0.2, 0) is 6.42 Å². The first-order valence-electron chi connectivity index (χ1n) is 4.37. The van der Waals surface area contributed by atoms with E-state index in [2.05, 4.69) is 18.8 Å². The van der Waals surface area contributed by atoms with Crippen molar-refractivity contribution in [3.63, 3.8) is 0 Å². The Hall–Kier alpha value is -1.05. The highest BCUT2D eigenvalue weighted by atomic mass is 16.5. The van der Waals surface area contributed by atoms with Gasteiger partial charge in [-0.05, 0) is 12.0 Å². The van der Waals surface area contributed by atoms with Crippen LogP contribution in [0.3, 0.4) is 0 Å². The molecule has 0 N–H and O–H groups in total. The predicted molar refractivity (Wildman–Crippen MR) is 47.2 cm³/mol. The molecule has 0 spiro atoms. The molecule has 2 heterocycles. The van der Waals surface area contributed by atoms with Gasteiger partial charge in [0.1, 0.15) is 11.9 Å². The molecular weight excluding hydrogens is 150 g/mol. The molecule has 1 unspecified atom stereocenters. The van der Waals surface area contributed by atoms with Gasteiger partial charge in [0.15, 0.2) is 0 Å². The monoisotopic (exact) mass is 163 g/mol. The van der Waals surface area contributed by atoms with Gasteiger partial charge in [-0.2, -0.15) is 0 Å². The second kappa shape index (κ2) is 2.77. The highest BCUT2D eigenvalue weighted by Crippen LogP contribution is 2.30. The third kappa shape index (κ3) is 1.17. The van der Waals surface area contributed by atoms with Crippen LogP contribution < -0.4 is 4.74 Å². The number of fused-ring (bicyclic) bond motifs is 1. The van der Waals surface area contributed by atoms with E-state index in [4.69, 9.17) is 4.74 Å². The summed E-state index contributed by atoms with van der Waals surface area (Å²) in [5, 5.41) is 0. The lowest BCUT2D eigenvalue weighted by molar-refractivity contribution is 0.178. The van der Waals surface area contributed by atoms with Crippen LogP contribution in [0.2, 0.25) is 0 Å². The predicted octanol–water partition coefficient (Wildman–Crippen LogP) is 2.04. The highest BCUT2D eigenvalue weighted by molar-refractivity contribution is 5.34. The van der Waals surface area contributed by atoms with Crippen LogP contribution in [0.5, 0.6) is 5.75 Å². The SMILES string of the molecule is CC(C)C1Cc2ccncc2O1. The molecule has 0 aliphatic carbocycles. The largest absolute Gasteiger partial charge is 0.488 e. The van der Waals surface area contributed by atoms with Crippen molar-refractivity contribution >= 4 is 0 Å². The molecule has 1 aliphatic heterocycles. The summed E-state index contributed by atoms with van der Waals surface area (Å²) in [6, 6.07) is 2.04. The lowest BCUT2D eigenvalue weighted by atomic mass is 10.0. The van der Waals surface area contributed by atoms with Crippen LogP contribution in [-0.4, -0.2) is 11.1 Å². The van der Waals surface area contributed by atoms with E-state index in [1.807, 2.05) is 12.3 Å². The average molecular weight is 163 g/mol. The van der Waals surface area contributed by atoms with Gasteiger partial charge < -0.3 is 4.74 Å². The molecule has 64 valence electrons. The van der Waals surface area contributed by atoms with Crippen molar-refractivity contribution in [1.82, 2.24) is 4.98 Å². The molecule has 1 aromatic rings. The molecule has 2 rings (SSSR count). The fourth-order valence-corrected chi connectivity index (χ4v) is 1.48. The topological polar surface area (TPSA) is 22.1 Å². The lowest BCUT2D eigenvalue weighted by Gasteiger charge is -2.13. The minimum absolute atomic E-state index is 0.351. The summed E-state index contributed by atoms with van der Waals surface area (Å²) in [4.78, 5) is 4.03. The maximum absolute atomic E-state index is 5.71. The van der Waals surface area contributed by atoms with E-state index in [9.17, 15) is 0 Å². The number of aromatic nitrogens is 1. The molecule has 2 nitrogen and oxygen atoms in total. The van der Waals surface area contributed by atoms with Gasteiger partial charge >= 0.3 is 0 Å². The Balaban J connectivity index is 2.22. The molecule has 0 fully saturated rings. The smallest absolute Gasteiger partial charge is 0.141 e. The van der Waals surface area contributed by atoms with Crippen molar-refractivity contribution in [2.75, 3.05) is 0 Å². The first kappa shape index (κ1) is 7.59. The van der Waals surface area contributed by atoms with E-state index in [-0.39, 0.29) is 0 Å². The summed E-state index contributed by atoms with van der Waals surface area (Å²) in [6.07, 6.45) is 5.02. The minimum Gasteiger partial charge on any atom is -0.488 e. The van der Waals surface area contributed by atoms with E-state index in [1.165, 1.54) is 5.56 Å². The van der Waals surface area contributed by atoms with Crippen LogP contribution in [0.25, 0.3) is 0 Å². The molecule has 0 aromatic carbocycles. The van der Waals surface area contributed by atoms with Gasteiger partial charge in [-0.15, -0.1) is 0 Å². The molecule has 0 bridgehead atoms. The molecule has 1 atom stereocenters. The summed E-state index contributed by atoms with van der Waals surface area (Å²) in [5.41, 5.74) is 1.30. The zero-order valence-corrected chi connectivity index (χ0v) is 7.45. The Labute approximate surface area is 72.6 Å². The van der Waals surface area contributed by atoms with Gasteiger partial charge in [0.2, 0.25) is 0 Å². The fourth-order valence-electron chi connectivity index (χ4n) is 1.48. The van der Waals surface area contributed by atoms with Crippen LogP contribution >= 0.6 is 0 Å². The molecule has 0 radical (unpaired) electrons. The Morgan fingerprint density at radius 2 is 2.42 bits per heavy atom. The molecule has 0 amide bonds. The fraction of sp³-hybridized carbons (Fsp3) is 0.500. The quantitative estimate of drug-likeness (QED) is 0.632. The van der Waals surface area contributed by atoms with Gasteiger partial charge in [0.05, 0.1) is 6.20 Å². The Morgan fingerprint density at radius 3 is 3.08 bits per heavy atom. The third-order valence-electron chi connectivity index (χ3n) is 2.31. The maximum atomic E-state index is 5.71. The number of ether oxygens (including phenoxy) is 1. The Bertz CT molecular complexity index is 258. The van der Waals surface area contributed by atoms with Crippen molar-refractivity contribution in [3.8, 4) is 5.75 Å². The molecule has 12 heavy (non-hydrogen) atoms. The minimum atomic E-state index is 0.351. The number of hydrogen-bond acceptors (Lipinski definition) is 2. The van der Waals surface area contributed by atoms with E-state index in [0.29, 0.717) is 12.0 Å². The van der Waals surface area contributed by atoms with Gasteiger partial charge in [-0.1, -0.05) is 13.8 Å². The normalized spacial score (nSPS) is 20.8. The number of nitrogens with zero attached hydrogens (tertiary/aromatic N) is 1. The highest BCUT2D eigenvalue weighted by Gasteiger charge is 2.24. The number of hydrogen-bond donors (Lipinski definition) is 0. The van der Waals surface area contributed by atoms with Crippen LogP contribution in [0.1, 0.15) is 19.4 Å². The van der Waals surface area contributed by atoms with Crippen molar-refractivity contribution in [1.29, 1.82) is 0 Å². The summed E-state index contributed by atoms with van der Waals surface area (Å²) in [7, 11) is 0. The molecular formula is C10H13NO. The number of pyridine rings is 1. The van der Waals surface area contributed by atoms with E-state index < -0.39 is 0 Å². The molecule has 1 aromatic heterocycles. The molecule has 0 saturated carbocycles.